The minimum Gasteiger partial charge on any atom is -0.311 e. The zero-order valence-corrected chi connectivity index (χ0v) is 11.9. The van der Waals surface area contributed by atoms with Gasteiger partial charge in [0.1, 0.15) is 0 Å². The molecule has 17 heavy (non-hydrogen) atoms. The van der Waals surface area contributed by atoms with Gasteiger partial charge in [-0.15, -0.1) is 0 Å². The van der Waals surface area contributed by atoms with Crippen LogP contribution in [0, 0.1) is 5.92 Å². The number of nitrogens with zero attached hydrogens (tertiary/aromatic N) is 1. The smallest absolute Gasteiger partial charge is 0.00940 e. The van der Waals surface area contributed by atoms with Gasteiger partial charge in [0.15, 0.2) is 0 Å². The molecule has 0 radical (unpaired) electrons. The van der Waals surface area contributed by atoms with E-state index in [1.165, 1.54) is 51.6 Å². The molecule has 1 atom stereocenters. The molecule has 1 N–H and O–H groups in total. The second-order valence-corrected chi connectivity index (χ2v) is 6.40. The Hall–Kier alpha value is -0.0800. The van der Waals surface area contributed by atoms with Crippen LogP contribution in [0.5, 0.6) is 0 Å². The van der Waals surface area contributed by atoms with Crippen molar-refractivity contribution in [3.8, 4) is 0 Å². The Balaban J connectivity index is 1.70. The Labute approximate surface area is 107 Å². The van der Waals surface area contributed by atoms with Crippen molar-refractivity contribution < 1.29 is 0 Å². The summed E-state index contributed by atoms with van der Waals surface area (Å²) in [6.45, 7) is 9.61. The lowest BCUT2D eigenvalue weighted by Crippen LogP contribution is -2.48. The SMILES string of the molecule is CC(C)N1CCC(N[C@@H](C)C2CCCC2)CC1. The Morgan fingerprint density at radius 1 is 0.941 bits per heavy atom. The number of hydrogen-bond donors (Lipinski definition) is 1. The van der Waals surface area contributed by atoms with Crippen LogP contribution in [0.4, 0.5) is 0 Å². The van der Waals surface area contributed by atoms with Crippen LogP contribution in [0.15, 0.2) is 0 Å². The predicted molar refractivity (Wildman–Crippen MR) is 74.3 cm³/mol. The van der Waals surface area contributed by atoms with Gasteiger partial charge in [-0.1, -0.05) is 12.8 Å². The van der Waals surface area contributed by atoms with Crippen molar-refractivity contribution in [3.63, 3.8) is 0 Å². The van der Waals surface area contributed by atoms with Crippen LogP contribution >= 0.6 is 0 Å². The lowest BCUT2D eigenvalue weighted by Gasteiger charge is -2.37. The van der Waals surface area contributed by atoms with Crippen LogP contribution in [0.25, 0.3) is 0 Å². The van der Waals surface area contributed by atoms with Gasteiger partial charge < -0.3 is 10.2 Å². The zero-order chi connectivity index (χ0) is 12.3. The standard InChI is InChI=1S/C15H30N2/c1-12(2)17-10-8-15(9-11-17)16-13(3)14-6-4-5-7-14/h12-16H,4-11H2,1-3H3/t13-/m0/s1. The second kappa shape index (κ2) is 6.19. The molecule has 2 heteroatoms. The molecule has 2 aliphatic rings. The van der Waals surface area contributed by atoms with E-state index in [1.54, 1.807) is 0 Å². The fourth-order valence-electron chi connectivity index (χ4n) is 3.55. The van der Waals surface area contributed by atoms with Gasteiger partial charge in [0.2, 0.25) is 0 Å². The molecule has 0 aromatic rings. The molecule has 2 nitrogen and oxygen atoms in total. The van der Waals surface area contributed by atoms with E-state index in [-0.39, 0.29) is 0 Å². The molecule has 0 bridgehead atoms. The molecule has 1 aliphatic carbocycles. The topological polar surface area (TPSA) is 15.3 Å². The van der Waals surface area contributed by atoms with E-state index in [1.807, 2.05) is 0 Å². The van der Waals surface area contributed by atoms with Gasteiger partial charge in [-0.05, 0) is 65.5 Å². The average molecular weight is 238 g/mol. The van der Waals surface area contributed by atoms with Gasteiger partial charge in [-0.25, -0.2) is 0 Å². The van der Waals surface area contributed by atoms with Gasteiger partial charge in [0.25, 0.3) is 0 Å². The quantitative estimate of drug-likeness (QED) is 0.810. The van der Waals surface area contributed by atoms with E-state index in [0.717, 1.165) is 24.0 Å². The van der Waals surface area contributed by atoms with Crippen LogP contribution in [-0.4, -0.2) is 36.1 Å². The molecule has 1 saturated carbocycles. The summed E-state index contributed by atoms with van der Waals surface area (Å²) < 4.78 is 0. The Kier molecular flexibility index (Phi) is 4.87. The number of nitrogens with one attached hydrogen (secondary N) is 1. The Bertz CT molecular complexity index is 213. The Morgan fingerprint density at radius 3 is 2.06 bits per heavy atom. The molecule has 1 aliphatic heterocycles. The maximum absolute atomic E-state index is 3.89. The van der Waals surface area contributed by atoms with Gasteiger partial charge >= 0.3 is 0 Å². The fourth-order valence-corrected chi connectivity index (χ4v) is 3.55. The highest BCUT2D eigenvalue weighted by Gasteiger charge is 2.26. The van der Waals surface area contributed by atoms with E-state index in [9.17, 15) is 0 Å². The van der Waals surface area contributed by atoms with Crippen LogP contribution < -0.4 is 5.32 Å². The van der Waals surface area contributed by atoms with Gasteiger partial charge in [0, 0.05) is 18.1 Å². The molecule has 0 amide bonds. The Morgan fingerprint density at radius 2 is 1.53 bits per heavy atom. The molecule has 100 valence electrons. The number of likely N-dealkylation sites (tertiary alicyclic amines) is 1. The van der Waals surface area contributed by atoms with Crippen molar-refractivity contribution in [1.82, 2.24) is 10.2 Å². The maximum Gasteiger partial charge on any atom is 0.00940 e. The fraction of sp³-hybridized carbons (Fsp3) is 1.00. The van der Waals surface area contributed by atoms with Crippen molar-refractivity contribution in [3.05, 3.63) is 0 Å². The predicted octanol–water partition coefficient (Wildman–Crippen LogP) is 3.03. The summed E-state index contributed by atoms with van der Waals surface area (Å²) in [7, 11) is 0. The van der Waals surface area contributed by atoms with E-state index in [2.05, 4.69) is 31.0 Å². The third-order valence-electron chi connectivity index (χ3n) is 4.87. The summed E-state index contributed by atoms with van der Waals surface area (Å²) in [5.74, 6) is 0.957. The summed E-state index contributed by atoms with van der Waals surface area (Å²) in [4.78, 5) is 2.61. The zero-order valence-electron chi connectivity index (χ0n) is 11.9. The van der Waals surface area contributed by atoms with Crippen LogP contribution in [0.3, 0.4) is 0 Å². The molecule has 0 aromatic carbocycles. The molecule has 2 rings (SSSR count). The number of piperidine rings is 1. The van der Waals surface area contributed by atoms with Crippen molar-refractivity contribution in [2.75, 3.05) is 13.1 Å². The molecule has 1 heterocycles. The van der Waals surface area contributed by atoms with Crippen LogP contribution in [-0.2, 0) is 0 Å². The lowest BCUT2D eigenvalue weighted by atomic mass is 9.96. The largest absolute Gasteiger partial charge is 0.311 e. The minimum absolute atomic E-state index is 0.725. The molecule has 1 saturated heterocycles. The number of rotatable bonds is 4. The van der Waals surface area contributed by atoms with Gasteiger partial charge in [-0.3, -0.25) is 0 Å². The highest BCUT2D eigenvalue weighted by molar-refractivity contribution is 4.84. The van der Waals surface area contributed by atoms with Gasteiger partial charge in [-0.2, -0.15) is 0 Å². The van der Waals surface area contributed by atoms with Crippen molar-refractivity contribution in [2.45, 2.75) is 77.4 Å². The van der Waals surface area contributed by atoms with Crippen LogP contribution in [0.2, 0.25) is 0 Å². The molecule has 2 fully saturated rings. The molecular weight excluding hydrogens is 208 g/mol. The maximum atomic E-state index is 3.89. The van der Waals surface area contributed by atoms with E-state index < -0.39 is 0 Å². The number of hydrogen-bond acceptors (Lipinski definition) is 2. The van der Waals surface area contributed by atoms with Gasteiger partial charge in [0.05, 0.1) is 0 Å². The highest BCUT2D eigenvalue weighted by atomic mass is 15.2. The lowest BCUT2D eigenvalue weighted by molar-refractivity contribution is 0.152. The van der Waals surface area contributed by atoms with Crippen LogP contribution in [0.1, 0.15) is 59.3 Å². The van der Waals surface area contributed by atoms with E-state index >= 15 is 0 Å². The van der Waals surface area contributed by atoms with Crippen molar-refractivity contribution in [1.29, 1.82) is 0 Å². The third kappa shape index (κ3) is 3.69. The summed E-state index contributed by atoms with van der Waals surface area (Å²) in [5, 5.41) is 3.89. The summed E-state index contributed by atoms with van der Waals surface area (Å²) >= 11 is 0. The average Bonchev–Trinajstić information content (AvgIpc) is 2.83. The normalized spacial score (nSPS) is 26.8. The molecule has 0 unspecified atom stereocenters. The first-order valence-corrected chi connectivity index (χ1v) is 7.67. The molecular formula is C15H30N2. The molecule has 0 aromatic heterocycles. The third-order valence-corrected chi connectivity index (χ3v) is 4.87. The first-order chi connectivity index (χ1) is 8.16. The summed E-state index contributed by atoms with van der Waals surface area (Å²) in [6.07, 6.45) is 8.52. The first kappa shape index (κ1) is 13.4. The van der Waals surface area contributed by atoms with Crippen molar-refractivity contribution >= 4 is 0 Å². The minimum atomic E-state index is 0.725. The monoisotopic (exact) mass is 238 g/mol. The highest BCUT2D eigenvalue weighted by Crippen LogP contribution is 2.28. The molecule has 0 spiro atoms. The second-order valence-electron chi connectivity index (χ2n) is 6.40. The van der Waals surface area contributed by atoms with Crippen molar-refractivity contribution in [2.24, 2.45) is 5.92 Å². The summed E-state index contributed by atoms with van der Waals surface area (Å²) in [5.41, 5.74) is 0. The summed E-state index contributed by atoms with van der Waals surface area (Å²) in [6, 6.07) is 2.25. The van der Waals surface area contributed by atoms with E-state index in [0.29, 0.717) is 0 Å². The van der Waals surface area contributed by atoms with E-state index in [4.69, 9.17) is 0 Å². The first-order valence-electron chi connectivity index (χ1n) is 7.67.